The number of aliphatic carboxylic acids is 1. The highest BCUT2D eigenvalue weighted by atomic mass is 16.7. The lowest BCUT2D eigenvalue weighted by atomic mass is 9.86. The van der Waals surface area contributed by atoms with Crippen LogP contribution in [0, 0.1) is 5.41 Å². The van der Waals surface area contributed by atoms with Crippen LogP contribution in [0.4, 0.5) is 9.59 Å². The third-order valence-electron chi connectivity index (χ3n) is 6.48. The Labute approximate surface area is 230 Å². The lowest BCUT2D eigenvalue weighted by Crippen LogP contribution is -2.52. The van der Waals surface area contributed by atoms with E-state index in [0.29, 0.717) is 24.8 Å². The van der Waals surface area contributed by atoms with Crippen molar-refractivity contribution < 1.29 is 48.0 Å². The highest BCUT2D eigenvalue weighted by Crippen LogP contribution is 2.32. The molecule has 39 heavy (non-hydrogen) atoms. The summed E-state index contributed by atoms with van der Waals surface area (Å²) in [4.78, 5) is 49.2. The molecule has 0 bridgehead atoms. The van der Waals surface area contributed by atoms with Crippen molar-refractivity contribution >= 4 is 24.2 Å². The van der Waals surface area contributed by atoms with E-state index in [1.165, 1.54) is 18.2 Å². The molecular formula is C28H43NO10. The van der Waals surface area contributed by atoms with E-state index in [0.717, 1.165) is 0 Å². The maximum absolute atomic E-state index is 12.5. The number of carbonyl (C=O) groups is 4. The summed E-state index contributed by atoms with van der Waals surface area (Å²) in [5.41, 5.74) is 4.09. The molecule has 0 aromatic heterocycles. The van der Waals surface area contributed by atoms with Crippen LogP contribution in [0.25, 0.3) is 0 Å². The van der Waals surface area contributed by atoms with Crippen LogP contribution in [0.2, 0.25) is 0 Å². The van der Waals surface area contributed by atoms with Gasteiger partial charge in [0.1, 0.15) is 23.9 Å². The van der Waals surface area contributed by atoms with Crippen molar-refractivity contribution in [2.45, 2.75) is 111 Å². The normalized spacial score (nSPS) is 15.2. The molecule has 220 valence electrons. The van der Waals surface area contributed by atoms with Gasteiger partial charge < -0.3 is 34.5 Å². The van der Waals surface area contributed by atoms with Crippen LogP contribution < -0.4 is 15.2 Å². The molecule has 1 rings (SSSR count). The standard InChI is InChI=1S/C28H43NO10/c1-9-17(4)36-25(33)38-21-13-12-20(14-22(21)39-26(34)37-18(5)10-2)16-28(29,23(30)31)15-19(6)35-24(32)27(7,8)11-3/h12-14,17-19H,9-11,15-16,29H2,1-8H3,(H,30,31)/t17?,18?,19-,28?/m0/s1. The summed E-state index contributed by atoms with van der Waals surface area (Å²) < 4.78 is 26.3. The molecule has 0 saturated heterocycles. The monoisotopic (exact) mass is 553 g/mol. The Balaban J connectivity index is 3.23. The van der Waals surface area contributed by atoms with Crippen LogP contribution in [0.3, 0.4) is 0 Å². The fourth-order valence-electron chi connectivity index (χ4n) is 3.19. The molecule has 4 atom stereocenters. The second kappa shape index (κ2) is 14.7. The van der Waals surface area contributed by atoms with Crippen LogP contribution in [-0.2, 0) is 30.2 Å². The van der Waals surface area contributed by atoms with E-state index in [-0.39, 0.29) is 24.3 Å². The second-order valence-electron chi connectivity index (χ2n) is 10.5. The molecular weight excluding hydrogens is 510 g/mol. The maximum atomic E-state index is 12.5. The van der Waals surface area contributed by atoms with Gasteiger partial charge in [-0.3, -0.25) is 9.59 Å². The summed E-state index contributed by atoms with van der Waals surface area (Å²) in [5, 5.41) is 9.95. The Morgan fingerprint density at radius 2 is 1.36 bits per heavy atom. The summed E-state index contributed by atoms with van der Waals surface area (Å²) >= 11 is 0. The Hall–Kier alpha value is -3.34. The first-order valence-electron chi connectivity index (χ1n) is 13.2. The van der Waals surface area contributed by atoms with Crippen LogP contribution in [-0.4, -0.2) is 53.2 Å². The number of hydrogen-bond acceptors (Lipinski definition) is 10. The summed E-state index contributed by atoms with van der Waals surface area (Å²) in [5.74, 6) is -2.07. The lowest BCUT2D eigenvalue weighted by molar-refractivity contribution is -0.161. The molecule has 1 aromatic carbocycles. The number of esters is 1. The quantitative estimate of drug-likeness (QED) is 0.172. The predicted octanol–water partition coefficient (Wildman–Crippen LogP) is 5.40. The molecule has 0 aliphatic heterocycles. The van der Waals surface area contributed by atoms with E-state index >= 15 is 0 Å². The fourth-order valence-corrected chi connectivity index (χ4v) is 3.19. The van der Waals surface area contributed by atoms with Crippen molar-refractivity contribution in [2.75, 3.05) is 0 Å². The molecule has 0 amide bonds. The van der Waals surface area contributed by atoms with E-state index in [2.05, 4.69) is 0 Å². The van der Waals surface area contributed by atoms with Gasteiger partial charge in [-0.1, -0.05) is 26.8 Å². The molecule has 3 N–H and O–H groups in total. The predicted molar refractivity (Wildman–Crippen MR) is 143 cm³/mol. The number of ether oxygens (including phenoxy) is 5. The Kier molecular flexibility index (Phi) is 12.7. The van der Waals surface area contributed by atoms with Crippen molar-refractivity contribution in [3.8, 4) is 11.5 Å². The van der Waals surface area contributed by atoms with Gasteiger partial charge in [-0.2, -0.15) is 0 Å². The summed E-state index contributed by atoms with van der Waals surface area (Å²) in [6, 6.07) is 4.17. The number of nitrogens with two attached hydrogens (primary N) is 1. The highest BCUT2D eigenvalue weighted by Gasteiger charge is 2.38. The van der Waals surface area contributed by atoms with Gasteiger partial charge in [0.25, 0.3) is 0 Å². The first-order chi connectivity index (χ1) is 18.1. The van der Waals surface area contributed by atoms with E-state index in [9.17, 15) is 24.3 Å². The molecule has 0 radical (unpaired) electrons. The second-order valence-corrected chi connectivity index (χ2v) is 10.5. The van der Waals surface area contributed by atoms with Gasteiger partial charge in [-0.05, 0) is 71.6 Å². The van der Waals surface area contributed by atoms with Gasteiger partial charge in [0.05, 0.1) is 5.41 Å². The van der Waals surface area contributed by atoms with Gasteiger partial charge in [0.15, 0.2) is 11.5 Å². The topological polar surface area (TPSA) is 161 Å². The molecule has 0 saturated carbocycles. The number of carbonyl (C=O) groups excluding carboxylic acids is 3. The zero-order valence-electron chi connectivity index (χ0n) is 24.2. The summed E-state index contributed by atoms with van der Waals surface area (Å²) in [6.07, 6.45) is -2.37. The van der Waals surface area contributed by atoms with Crippen molar-refractivity contribution in [1.29, 1.82) is 0 Å². The highest BCUT2D eigenvalue weighted by molar-refractivity contribution is 5.79. The van der Waals surface area contributed by atoms with E-state index < -0.39 is 53.5 Å². The van der Waals surface area contributed by atoms with E-state index in [1.807, 2.05) is 20.8 Å². The Morgan fingerprint density at radius 3 is 1.82 bits per heavy atom. The molecule has 0 fully saturated rings. The molecule has 11 nitrogen and oxygen atoms in total. The van der Waals surface area contributed by atoms with Crippen molar-refractivity contribution in [3.63, 3.8) is 0 Å². The molecule has 0 heterocycles. The van der Waals surface area contributed by atoms with Crippen LogP contribution in [0.15, 0.2) is 18.2 Å². The minimum Gasteiger partial charge on any atom is -0.480 e. The Morgan fingerprint density at radius 1 is 0.846 bits per heavy atom. The van der Waals surface area contributed by atoms with Gasteiger partial charge in [-0.15, -0.1) is 0 Å². The smallest absolute Gasteiger partial charge is 0.480 e. The van der Waals surface area contributed by atoms with E-state index in [4.69, 9.17) is 29.4 Å². The number of carboxylic acids is 1. The molecule has 0 aliphatic rings. The summed E-state index contributed by atoms with van der Waals surface area (Å²) in [6.45, 7) is 14.0. The maximum Gasteiger partial charge on any atom is 0.514 e. The van der Waals surface area contributed by atoms with Crippen LogP contribution in [0.1, 0.15) is 86.6 Å². The van der Waals surface area contributed by atoms with Crippen molar-refractivity contribution in [3.05, 3.63) is 23.8 Å². The number of carboxylic acid groups (broad SMARTS) is 1. The van der Waals surface area contributed by atoms with Gasteiger partial charge in [-0.25, -0.2) is 9.59 Å². The third-order valence-corrected chi connectivity index (χ3v) is 6.48. The zero-order valence-corrected chi connectivity index (χ0v) is 24.2. The van der Waals surface area contributed by atoms with Gasteiger partial charge in [0, 0.05) is 12.8 Å². The van der Waals surface area contributed by atoms with E-state index in [1.54, 1.807) is 34.6 Å². The summed E-state index contributed by atoms with van der Waals surface area (Å²) in [7, 11) is 0. The molecule has 0 spiro atoms. The van der Waals surface area contributed by atoms with Crippen LogP contribution in [0.5, 0.6) is 11.5 Å². The Bertz CT molecular complexity index is 1010. The number of rotatable bonds is 14. The molecule has 3 unspecified atom stereocenters. The first-order valence-corrected chi connectivity index (χ1v) is 13.2. The molecule has 1 aromatic rings. The van der Waals surface area contributed by atoms with Crippen molar-refractivity contribution in [2.24, 2.45) is 11.1 Å². The minimum absolute atomic E-state index is 0.129. The molecule has 11 heteroatoms. The van der Waals surface area contributed by atoms with Gasteiger partial charge in [0.2, 0.25) is 0 Å². The zero-order chi connectivity index (χ0) is 30.0. The average molecular weight is 554 g/mol. The fraction of sp³-hybridized carbons (Fsp3) is 0.643. The SMILES string of the molecule is CCC(C)OC(=O)Oc1ccc(CC(N)(C[C@H](C)OC(=O)C(C)(C)CC)C(=O)O)cc1OC(=O)OC(C)CC. The minimum atomic E-state index is -1.83. The van der Waals surface area contributed by atoms with Crippen molar-refractivity contribution in [1.82, 2.24) is 0 Å². The van der Waals surface area contributed by atoms with Gasteiger partial charge >= 0.3 is 24.2 Å². The molecule has 0 aliphatic carbocycles. The first kappa shape index (κ1) is 33.7. The number of benzene rings is 1. The average Bonchev–Trinajstić information content (AvgIpc) is 2.84. The third kappa shape index (κ3) is 10.7. The lowest BCUT2D eigenvalue weighted by Gasteiger charge is -2.30. The van der Waals surface area contributed by atoms with Crippen LogP contribution >= 0.6 is 0 Å². The largest absolute Gasteiger partial charge is 0.514 e. The number of hydrogen-bond donors (Lipinski definition) is 2.